The largest absolute Gasteiger partial charge is 0.573 e. The molecule has 2 aromatic rings. The minimum absolute atomic E-state index is 0.262. The highest BCUT2D eigenvalue weighted by Gasteiger charge is 2.36. The maximum Gasteiger partial charge on any atom is 0.573 e. The predicted molar refractivity (Wildman–Crippen MR) is 124 cm³/mol. The topological polar surface area (TPSA) is 96.8 Å². The van der Waals surface area contributed by atoms with Gasteiger partial charge in [-0.3, -0.25) is 15.5 Å². The summed E-state index contributed by atoms with van der Waals surface area (Å²) in [7, 11) is 0. The number of hydrazine groups is 1. The third-order valence-electron chi connectivity index (χ3n) is 6.40. The molecule has 2 aliphatic heterocycles. The van der Waals surface area contributed by atoms with Crippen LogP contribution in [0.15, 0.2) is 54.7 Å². The molecule has 4 rings (SSSR count). The van der Waals surface area contributed by atoms with Crippen molar-refractivity contribution in [1.82, 2.24) is 9.80 Å². The average Bonchev–Trinajstić information content (AvgIpc) is 3.18. The van der Waals surface area contributed by atoms with E-state index in [1.807, 2.05) is 18.2 Å². The van der Waals surface area contributed by atoms with Crippen molar-refractivity contribution in [3.8, 4) is 5.75 Å². The fourth-order valence-electron chi connectivity index (χ4n) is 4.75. The van der Waals surface area contributed by atoms with Crippen LogP contribution in [0.3, 0.4) is 0 Å². The number of ketones is 1. The summed E-state index contributed by atoms with van der Waals surface area (Å²) >= 11 is 0. The van der Waals surface area contributed by atoms with Crippen LogP contribution >= 0.6 is 0 Å². The van der Waals surface area contributed by atoms with Gasteiger partial charge in [-0.25, -0.2) is 0 Å². The molecule has 7 nitrogen and oxygen atoms in total. The summed E-state index contributed by atoms with van der Waals surface area (Å²) in [4.78, 5) is 17.0. The molecule has 2 aliphatic rings. The van der Waals surface area contributed by atoms with Gasteiger partial charge in [-0.2, -0.15) is 0 Å². The van der Waals surface area contributed by atoms with Gasteiger partial charge in [0.25, 0.3) is 0 Å². The standard InChI is InChI=1S/C24H28F3N5O2/c25-24(26,27)34-20-4-2-17(3-5-20)23(33)8-10-31-9-7-18-13-32(15-19(18)14-31)12-16-1-6-22(30-29)21(28)11-16/h1-6,8,10-11,18-19,30H,7,9,12-15,28-29H2/b10-8+. The number of carbonyl (C=O) groups is 1. The molecule has 0 aromatic heterocycles. The summed E-state index contributed by atoms with van der Waals surface area (Å²) in [5.74, 6) is 5.95. The first-order valence-electron chi connectivity index (χ1n) is 11.1. The van der Waals surface area contributed by atoms with E-state index in [1.54, 1.807) is 6.20 Å². The van der Waals surface area contributed by atoms with Crippen molar-refractivity contribution < 1.29 is 22.7 Å². The van der Waals surface area contributed by atoms with E-state index < -0.39 is 6.36 Å². The zero-order valence-corrected chi connectivity index (χ0v) is 18.6. The highest BCUT2D eigenvalue weighted by atomic mass is 19.4. The number of nitrogens with one attached hydrogen (secondary N) is 1. The van der Waals surface area contributed by atoms with Crippen LogP contribution < -0.4 is 21.7 Å². The van der Waals surface area contributed by atoms with E-state index in [9.17, 15) is 18.0 Å². The highest BCUT2D eigenvalue weighted by Crippen LogP contribution is 2.32. The van der Waals surface area contributed by atoms with Gasteiger partial charge in [0, 0.05) is 50.6 Å². The molecular formula is C24H28F3N5O2. The molecule has 0 radical (unpaired) electrons. The molecule has 34 heavy (non-hydrogen) atoms. The maximum atomic E-state index is 12.4. The molecule has 5 N–H and O–H groups in total. The van der Waals surface area contributed by atoms with Crippen LogP contribution in [0.2, 0.25) is 0 Å². The monoisotopic (exact) mass is 475 g/mol. The Morgan fingerprint density at radius 3 is 2.53 bits per heavy atom. The number of likely N-dealkylation sites (tertiary alicyclic amines) is 2. The van der Waals surface area contributed by atoms with Gasteiger partial charge in [-0.05, 0) is 60.2 Å². The van der Waals surface area contributed by atoms with E-state index in [0.29, 0.717) is 28.8 Å². The second-order valence-corrected chi connectivity index (χ2v) is 8.82. The number of hydrogen-bond acceptors (Lipinski definition) is 7. The van der Waals surface area contributed by atoms with Crippen LogP contribution in [-0.4, -0.2) is 48.1 Å². The van der Waals surface area contributed by atoms with Crippen LogP contribution in [0.5, 0.6) is 5.75 Å². The SMILES string of the molecule is NNc1ccc(CN2CC3CCN(/C=C/C(=O)c4ccc(OC(F)(F)F)cc4)CC3C2)cc1N. The number of anilines is 2. The van der Waals surface area contributed by atoms with Crippen molar-refractivity contribution in [2.75, 3.05) is 37.3 Å². The number of piperidine rings is 1. The molecule has 2 heterocycles. The Hall–Kier alpha value is -3.24. The first kappa shape index (κ1) is 23.9. The lowest BCUT2D eigenvalue weighted by molar-refractivity contribution is -0.274. The summed E-state index contributed by atoms with van der Waals surface area (Å²) in [6, 6.07) is 10.8. The molecule has 0 amide bonds. The zero-order chi connectivity index (χ0) is 24.3. The Bertz CT molecular complexity index is 1040. The number of nitrogens with two attached hydrogens (primary N) is 2. The van der Waals surface area contributed by atoms with E-state index >= 15 is 0 Å². The third kappa shape index (κ3) is 6.00. The molecule has 0 aliphatic carbocycles. The molecular weight excluding hydrogens is 447 g/mol. The van der Waals surface area contributed by atoms with Crippen LogP contribution in [0, 0.1) is 11.8 Å². The lowest BCUT2D eigenvalue weighted by atomic mass is 9.89. The molecule has 0 spiro atoms. The van der Waals surface area contributed by atoms with Crippen molar-refractivity contribution in [3.05, 3.63) is 65.9 Å². The number of rotatable bonds is 7. The molecule has 2 atom stereocenters. The second-order valence-electron chi connectivity index (χ2n) is 8.82. The van der Waals surface area contributed by atoms with Gasteiger partial charge in [-0.15, -0.1) is 13.2 Å². The van der Waals surface area contributed by atoms with E-state index in [4.69, 9.17) is 11.6 Å². The van der Waals surface area contributed by atoms with Crippen molar-refractivity contribution in [2.45, 2.75) is 19.3 Å². The number of ether oxygens (including phenoxy) is 1. The van der Waals surface area contributed by atoms with Crippen LogP contribution in [0.1, 0.15) is 22.3 Å². The molecule has 182 valence electrons. The summed E-state index contributed by atoms with van der Waals surface area (Å²) < 4.78 is 40.7. The summed E-state index contributed by atoms with van der Waals surface area (Å²) in [5, 5.41) is 0. The second kappa shape index (κ2) is 9.94. The Labute approximate surface area is 196 Å². The van der Waals surface area contributed by atoms with Gasteiger partial charge in [0.2, 0.25) is 0 Å². The number of nitrogens with zero attached hydrogens (tertiary/aromatic N) is 2. The molecule has 2 fully saturated rings. The Morgan fingerprint density at radius 2 is 1.85 bits per heavy atom. The average molecular weight is 476 g/mol. The van der Waals surface area contributed by atoms with Gasteiger partial charge < -0.3 is 20.8 Å². The molecule has 0 saturated carbocycles. The number of carbonyl (C=O) groups excluding carboxylic acids is 1. The van der Waals surface area contributed by atoms with Crippen LogP contribution in [-0.2, 0) is 6.54 Å². The minimum Gasteiger partial charge on any atom is -0.406 e. The number of fused-ring (bicyclic) bond motifs is 1. The number of alkyl halides is 3. The van der Waals surface area contributed by atoms with Gasteiger partial charge in [0.05, 0.1) is 11.4 Å². The Balaban J connectivity index is 1.29. The third-order valence-corrected chi connectivity index (χ3v) is 6.40. The van der Waals surface area contributed by atoms with Crippen molar-refractivity contribution >= 4 is 17.2 Å². The Morgan fingerprint density at radius 1 is 1.12 bits per heavy atom. The summed E-state index contributed by atoms with van der Waals surface area (Å²) in [6.45, 7) is 4.55. The maximum absolute atomic E-state index is 12.4. The van der Waals surface area contributed by atoms with Crippen molar-refractivity contribution in [2.24, 2.45) is 17.7 Å². The molecule has 0 bridgehead atoms. The Kier molecular flexibility index (Phi) is 6.99. The molecule has 10 heteroatoms. The summed E-state index contributed by atoms with van der Waals surface area (Å²) in [5.41, 5.74) is 11.4. The normalized spacial score (nSPS) is 21.0. The first-order valence-corrected chi connectivity index (χ1v) is 11.1. The van der Waals surface area contributed by atoms with Gasteiger partial charge >= 0.3 is 6.36 Å². The van der Waals surface area contributed by atoms with Crippen molar-refractivity contribution in [3.63, 3.8) is 0 Å². The van der Waals surface area contributed by atoms with Crippen molar-refractivity contribution in [1.29, 1.82) is 0 Å². The fraction of sp³-hybridized carbons (Fsp3) is 0.375. The smallest absolute Gasteiger partial charge is 0.406 e. The van der Waals surface area contributed by atoms with Gasteiger partial charge in [0.1, 0.15) is 5.75 Å². The predicted octanol–water partition coefficient (Wildman–Crippen LogP) is 3.60. The number of allylic oxidation sites excluding steroid dienone is 1. The van der Waals surface area contributed by atoms with Crippen LogP contribution in [0.4, 0.5) is 24.5 Å². The lowest BCUT2D eigenvalue weighted by Gasteiger charge is -2.33. The van der Waals surface area contributed by atoms with E-state index in [0.717, 1.165) is 56.8 Å². The number of nitrogen functional groups attached to an aromatic ring is 2. The van der Waals surface area contributed by atoms with Gasteiger partial charge in [-0.1, -0.05) is 6.07 Å². The molecule has 2 saturated heterocycles. The van der Waals surface area contributed by atoms with E-state index in [1.165, 1.54) is 18.2 Å². The summed E-state index contributed by atoms with van der Waals surface area (Å²) in [6.07, 6.45) is -0.447. The number of benzene rings is 2. The van der Waals surface area contributed by atoms with E-state index in [2.05, 4.69) is 20.0 Å². The molecule has 2 unspecified atom stereocenters. The first-order chi connectivity index (χ1) is 16.2. The fourth-order valence-corrected chi connectivity index (χ4v) is 4.75. The number of hydrogen-bond donors (Lipinski definition) is 3. The highest BCUT2D eigenvalue weighted by molar-refractivity contribution is 6.04. The van der Waals surface area contributed by atoms with Gasteiger partial charge in [0.15, 0.2) is 5.78 Å². The quantitative estimate of drug-likeness (QED) is 0.185. The zero-order valence-electron chi connectivity index (χ0n) is 18.6. The molecule has 2 aromatic carbocycles. The lowest BCUT2D eigenvalue weighted by Crippen LogP contribution is -2.36. The van der Waals surface area contributed by atoms with Crippen LogP contribution in [0.25, 0.3) is 0 Å². The minimum atomic E-state index is -4.76. The number of halogens is 3. The van der Waals surface area contributed by atoms with E-state index in [-0.39, 0.29) is 11.5 Å².